The van der Waals surface area contributed by atoms with E-state index in [-0.39, 0.29) is 17.9 Å². The molecular formula is C24H20F6N4O2S. The molecule has 1 N–H and O–H groups in total. The number of alkyl halides is 6. The molecule has 1 unspecified atom stereocenters. The zero-order valence-corrected chi connectivity index (χ0v) is 19.9. The highest BCUT2D eigenvalue weighted by molar-refractivity contribution is 7.89. The van der Waals surface area contributed by atoms with Crippen LogP contribution in [0.5, 0.6) is 0 Å². The Morgan fingerprint density at radius 1 is 0.946 bits per heavy atom. The maximum Gasteiger partial charge on any atom is 0.433 e. The molecule has 1 saturated heterocycles. The molecule has 4 rings (SSSR count). The van der Waals surface area contributed by atoms with Crippen molar-refractivity contribution in [2.24, 2.45) is 0 Å². The molecule has 1 fully saturated rings. The number of sulfonamides is 1. The number of halogens is 6. The normalized spacial score (nSPS) is 20.2. The second kappa shape index (κ2) is 9.45. The molecule has 196 valence electrons. The topological polar surface area (TPSA) is 77.4 Å². The van der Waals surface area contributed by atoms with Gasteiger partial charge in [0, 0.05) is 18.7 Å². The van der Waals surface area contributed by atoms with Crippen molar-refractivity contribution in [2.45, 2.75) is 36.1 Å². The first kappa shape index (κ1) is 25.2. The quantitative estimate of drug-likeness (QED) is 0.255. The maximum atomic E-state index is 13.9. The fourth-order valence-corrected chi connectivity index (χ4v) is 5.95. The van der Waals surface area contributed by atoms with E-state index in [0.29, 0.717) is 17.7 Å². The van der Waals surface area contributed by atoms with Crippen LogP contribution in [0.25, 0.3) is 0 Å². The Balaban J connectivity index is 1.90. The van der Waals surface area contributed by atoms with Gasteiger partial charge >= 0.3 is 12.4 Å². The van der Waals surface area contributed by atoms with Gasteiger partial charge in [-0.2, -0.15) is 26.3 Å². The summed E-state index contributed by atoms with van der Waals surface area (Å²) in [7, 11) is -4.60. The van der Waals surface area contributed by atoms with E-state index in [2.05, 4.69) is 10.4 Å². The molecular weight excluding hydrogens is 522 g/mol. The SMILES string of the molecule is [H]/N=C(\C)N1CC(c2ccccc2)[C@H](c2ccc(C(F)(F)F)nc2)N1S(=O)(=O)c1ccc(C(F)(F)F)cc1. The van der Waals surface area contributed by atoms with Crippen molar-refractivity contribution in [2.75, 3.05) is 6.54 Å². The van der Waals surface area contributed by atoms with Crippen molar-refractivity contribution >= 4 is 15.9 Å². The molecule has 0 radical (unpaired) electrons. The van der Waals surface area contributed by atoms with Gasteiger partial charge in [0.05, 0.1) is 16.5 Å². The van der Waals surface area contributed by atoms with E-state index in [1.54, 1.807) is 30.3 Å². The van der Waals surface area contributed by atoms with E-state index < -0.39 is 50.5 Å². The zero-order valence-electron chi connectivity index (χ0n) is 20.1. The summed E-state index contributed by atoms with van der Waals surface area (Å²) in [5.74, 6) is -0.709. The average molecular weight is 543 g/mol. The van der Waals surface area contributed by atoms with Crippen molar-refractivity contribution in [1.29, 1.82) is 5.40 Å². The Hall–Kier alpha value is -3.45. The predicted molar refractivity (Wildman–Crippen MR) is 122 cm³/mol. The van der Waals surface area contributed by atoms with Gasteiger partial charge in [0.15, 0.2) is 1.41 Å². The Morgan fingerprint density at radius 2 is 1.59 bits per heavy atom. The third kappa shape index (κ3) is 5.18. The number of nitrogens with zero attached hydrogens (tertiary/aromatic N) is 3. The lowest BCUT2D eigenvalue weighted by Crippen LogP contribution is -2.44. The van der Waals surface area contributed by atoms with E-state index in [1.165, 1.54) is 11.9 Å². The van der Waals surface area contributed by atoms with Crippen LogP contribution in [0.2, 0.25) is 1.41 Å². The van der Waals surface area contributed by atoms with Gasteiger partial charge in [0.1, 0.15) is 11.5 Å². The fraction of sp³-hybridized carbons (Fsp3) is 0.250. The third-order valence-electron chi connectivity index (χ3n) is 5.97. The number of aromatic nitrogens is 1. The first-order chi connectivity index (χ1) is 17.7. The molecule has 0 saturated carbocycles. The van der Waals surface area contributed by atoms with Gasteiger partial charge in [0.2, 0.25) is 0 Å². The van der Waals surface area contributed by atoms with Gasteiger partial charge in [-0.25, -0.2) is 8.42 Å². The molecule has 2 aromatic carbocycles. The lowest BCUT2D eigenvalue weighted by molar-refractivity contribution is -0.141. The first-order valence-corrected chi connectivity index (χ1v) is 12.2. The van der Waals surface area contributed by atoms with Crippen LogP contribution in [0.15, 0.2) is 77.8 Å². The molecule has 6 nitrogen and oxygen atoms in total. The summed E-state index contributed by atoms with van der Waals surface area (Å²) in [5.41, 5.74) is -1.47. The Morgan fingerprint density at radius 3 is 2.11 bits per heavy atom. The number of hydrogen-bond acceptors (Lipinski definition) is 4. The average Bonchev–Trinajstić information content (AvgIpc) is 3.29. The number of amidine groups is 1. The molecule has 1 aliphatic heterocycles. The monoisotopic (exact) mass is 542 g/mol. The molecule has 37 heavy (non-hydrogen) atoms. The second-order valence-corrected chi connectivity index (χ2v) is 10.2. The van der Waals surface area contributed by atoms with E-state index in [4.69, 9.17) is 1.41 Å². The summed E-state index contributed by atoms with van der Waals surface area (Å²) in [6, 6.07) is 12.1. The van der Waals surface area contributed by atoms with Gasteiger partial charge in [-0.3, -0.25) is 15.4 Å². The Labute approximate surface area is 210 Å². The molecule has 13 heteroatoms. The van der Waals surface area contributed by atoms with E-state index in [9.17, 15) is 34.8 Å². The van der Waals surface area contributed by atoms with Crippen LogP contribution in [0, 0.1) is 5.40 Å². The number of hydrazine groups is 1. The minimum absolute atomic E-state index is 0.0379. The third-order valence-corrected chi connectivity index (χ3v) is 7.76. The lowest BCUT2D eigenvalue weighted by atomic mass is 9.89. The highest BCUT2D eigenvalue weighted by Crippen LogP contribution is 2.46. The summed E-state index contributed by atoms with van der Waals surface area (Å²) < 4.78 is 115. The molecule has 0 aliphatic carbocycles. The summed E-state index contributed by atoms with van der Waals surface area (Å²) in [6.07, 6.45) is -8.49. The van der Waals surface area contributed by atoms with Crippen molar-refractivity contribution < 1.29 is 36.2 Å². The van der Waals surface area contributed by atoms with Crippen LogP contribution in [0.3, 0.4) is 0 Å². The minimum atomic E-state index is -4.72. The van der Waals surface area contributed by atoms with Gasteiger partial charge in [-0.15, -0.1) is 4.41 Å². The molecule has 0 bridgehead atoms. The van der Waals surface area contributed by atoms with E-state index in [1.807, 2.05) is 0 Å². The fourth-order valence-electron chi connectivity index (χ4n) is 4.24. The van der Waals surface area contributed by atoms with Crippen molar-refractivity contribution in [3.05, 3.63) is 95.3 Å². The van der Waals surface area contributed by atoms with Gasteiger partial charge in [0.25, 0.3) is 10.0 Å². The van der Waals surface area contributed by atoms with Crippen LogP contribution in [-0.2, 0) is 22.4 Å². The standard InChI is InChI=1S/C24H20F6N4O2S/c1-15(31)33-14-20(16-5-3-2-4-6-16)22(17-7-12-21(32-13-17)24(28,29)30)34(33)37(35,36)19-10-8-18(9-11-19)23(25,26)27/h2-13,20,22,31H,14H2,1H3/b31-15+/t20?,22-/m0/s1. The molecule has 1 aromatic heterocycles. The molecule has 3 aromatic rings. The van der Waals surface area contributed by atoms with Gasteiger partial charge < -0.3 is 0 Å². The van der Waals surface area contributed by atoms with Crippen molar-refractivity contribution in [3.8, 4) is 0 Å². The lowest BCUT2D eigenvalue weighted by Gasteiger charge is -2.32. The van der Waals surface area contributed by atoms with Crippen LogP contribution in [0.4, 0.5) is 26.3 Å². The van der Waals surface area contributed by atoms with Crippen LogP contribution in [-0.4, -0.2) is 35.2 Å². The van der Waals surface area contributed by atoms with Crippen LogP contribution >= 0.6 is 0 Å². The Bertz CT molecular complexity index is 1410. The summed E-state index contributed by atoms with van der Waals surface area (Å²) in [4.78, 5) is 3.00. The Kier molecular flexibility index (Phi) is 6.44. The summed E-state index contributed by atoms with van der Waals surface area (Å²) in [5, 5.41) is 4.53. The van der Waals surface area contributed by atoms with Crippen molar-refractivity contribution in [1.82, 2.24) is 14.4 Å². The highest BCUT2D eigenvalue weighted by atomic mass is 32.2. The largest absolute Gasteiger partial charge is 0.433 e. The zero-order chi connectivity index (χ0) is 27.9. The highest BCUT2D eigenvalue weighted by Gasteiger charge is 2.49. The number of nitrogens with one attached hydrogen (secondary N) is 1. The first-order valence-electron chi connectivity index (χ1n) is 11.3. The molecule has 2 atom stereocenters. The maximum absolute atomic E-state index is 13.9. The molecule has 1 aliphatic rings. The van der Waals surface area contributed by atoms with Crippen molar-refractivity contribution in [3.63, 3.8) is 0 Å². The number of pyridine rings is 1. The van der Waals surface area contributed by atoms with Crippen LogP contribution < -0.4 is 0 Å². The van der Waals surface area contributed by atoms with Crippen LogP contribution in [0.1, 0.15) is 41.3 Å². The van der Waals surface area contributed by atoms with Gasteiger partial charge in [-0.1, -0.05) is 36.4 Å². The number of benzene rings is 2. The number of rotatable bonds is 4. The van der Waals surface area contributed by atoms with E-state index >= 15 is 0 Å². The van der Waals surface area contributed by atoms with Gasteiger partial charge in [-0.05, 0) is 48.4 Å². The second-order valence-electron chi connectivity index (χ2n) is 8.37. The minimum Gasteiger partial charge on any atom is -0.288 e. The summed E-state index contributed by atoms with van der Waals surface area (Å²) in [6.45, 7) is 1.33. The van der Waals surface area contributed by atoms with E-state index in [0.717, 1.165) is 34.9 Å². The summed E-state index contributed by atoms with van der Waals surface area (Å²) >= 11 is 0. The number of hydrogen-bond donors (Lipinski definition) is 1. The molecule has 2 heterocycles. The molecule has 0 amide bonds. The predicted octanol–water partition coefficient (Wildman–Crippen LogP) is 5.86. The molecule has 0 spiro atoms. The smallest absolute Gasteiger partial charge is 0.288 e.